The van der Waals surface area contributed by atoms with Gasteiger partial charge in [-0.05, 0) is 0 Å². The second-order valence-corrected chi connectivity index (χ2v) is 1.97. The monoisotopic (exact) mass is 196 g/mol. The number of alkyl halides is 6. The van der Waals surface area contributed by atoms with Gasteiger partial charge in [-0.1, -0.05) is 0 Å². The molecule has 0 amide bonds. The number of hydrogen-bond acceptors (Lipinski definition) is 2. The van der Waals surface area contributed by atoms with E-state index in [4.69, 9.17) is 0 Å². The van der Waals surface area contributed by atoms with Crippen LogP contribution in [0.4, 0.5) is 26.3 Å². The van der Waals surface area contributed by atoms with E-state index in [1.807, 2.05) is 0 Å². The highest BCUT2D eigenvalue weighted by atomic mass is 19.4. The quantitative estimate of drug-likeness (QED) is 0.550. The maximum absolute atomic E-state index is 12.3. The van der Waals surface area contributed by atoms with Crippen LogP contribution in [0.2, 0.25) is 0 Å². The molecule has 8 heteroatoms. The summed E-state index contributed by atoms with van der Waals surface area (Å²) in [6.07, 6.45) is -11.7. The van der Waals surface area contributed by atoms with E-state index >= 15 is 0 Å². The zero-order valence-corrected chi connectivity index (χ0v) is 5.24. The van der Waals surface area contributed by atoms with Crippen LogP contribution in [0, 0.1) is 0 Å². The van der Waals surface area contributed by atoms with Gasteiger partial charge in [-0.25, -0.2) is 8.78 Å². The highest BCUT2D eigenvalue weighted by molar-refractivity contribution is 4.74. The van der Waals surface area contributed by atoms with Crippen molar-refractivity contribution >= 4 is 0 Å². The van der Waals surface area contributed by atoms with Gasteiger partial charge < -0.3 is 0 Å². The predicted octanol–water partition coefficient (Wildman–Crippen LogP) is 1.81. The molecule has 0 aromatic heterocycles. The summed E-state index contributed by atoms with van der Waals surface area (Å²) in [7, 11) is 0. The molecule has 0 bridgehead atoms. The fourth-order valence-corrected chi connectivity index (χ4v) is 0.558. The maximum Gasteiger partial charge on any atom is 0.478 e. The van der Waals surface area contributed by atoms with Gasteiger partial charge in [0.2, 0.25) is 0 Å². The molecule has 0 unspecified atom stereocenters. The molecule has 0 aromatic rings. The molecule has 1 fully saturated rings. The molecule has 0 radical (unpaired) electrons. The molecule has 1 rings (SSSR count). The van der Waals surface area contributed by atoms with Gasteiger partial charge in [0.15, 0.2) is 0 Å². The van der Waals surface area contributed by atoms with Gasteiger partial charge in [-0.2, -0.15) is 17.6 Å². The molecule has 0 aliphatic carbocycles. The lowest BCUT2D eigenvalue weighted by atomic mass is 10.6. The van der Waals surface area contributed by atoms with Crippen LogP contribution in [0.5, 0.6) is 0 Å². The van der Waals surface area contributed by atoms with Gasteiger partial charge in [0, 0.05) is 0 Å². The van der Waals surface area contributed by atoms with Gasteiger partial charge in [0.25, 0.3) is 12.7 Å². The summed E-state index contributed by atoms with van der Waals surface area (Å²) in [5.41, 5.74) is 0. The van der Waals surface area contributed by atoms with E-state index in [0.29, 0.717) is 0 Å². The summed E-state index contributed by atoms with van der Waals surface area (Å²) in [5.74, 6) is 0. The van der Waals surface area contributed by atoms with Crippen molar-refractivity contribution in [2.45, 2.75) is 24.9 Å². The van der Waals surface area contributed by atoms with Crippen molar-refractivity contribution in [3.05, 3.63) is 0 Å². The van der Waals surface area contributed by atoms with Crippen LogP contribution in [-0.4, -0.2) is 24.9 Å². The Morgan fingerprint density at radius 3 is 1.50 bits per heavy atom. The summed E-state index contributed by atoms with van der Waals surface area (Å²) in [6.45, 7) is 0. The van der Waals surface area contributed by atoms with Crippen LogP contribution >= 0.6 is 0 Å². The topological polar surface area (TPSA) is 18.5 Å². The first-order valence-electron chi connectivity index (χ1n) is 2.66. The Morgan fingerprint density at radius 1 is 1.00 bits per heavy atom. The minimum absolute atomic E-state index is 2.97. The highest BCUT2D eigenvalue weighted by Gasteiger charge is 2.67. The van der Waals surface area contributed by atoms with Gasteiger partial charge in [0.1, 0.15) is 0 Å². The molecule has 2 atom stereocenters. The summed E-state index contributed by atoms with van der Waals surface area (Å²) >= 11 is 0. The second-order valence-electron chi connectivity index (χ2n) is 1.97. The average Bonchev–Trinajstić information content (AvgIpc) is 2.06. The Balaban J connectivity index is 2.77. The third kappa shape index (κ3) is 1.36. The molecule has 1 aliphatic rings. The lowest BCUT2D eigenvalue weighted by Gasteiger charge is -2.19. The molecule has 1 aliphatic heterocycles. The molecule has 72 valence electrons. The number of hydrogen-bond donors (Lipinski definition) is 0. The fraction of sp³-hybridized carbons (Fsp3) is 1.00. The number of ether oxygens (including phenoxy) is 2. The summed E-state index contributed by atoms with van der Waals surface area (Å²) in [5, 5.41) is 0. The molecule has 0 N–H and O–H groups in total. The minimum atomic E-state index is -5.61. The van der Waals surface area contributed by atoms with Crippen molar-refractivity contribution in [1.82, 2.24) is 0 Å². The SMILES string of the molecule is F[C@@H]1OC(F)(C(F)(F)F)O[C@H]1F. The van der Waals surface area contributed by atoms with Gasteiger partial charge in [-0.15, -0.1) is 0 Å². The molecular formula is C4H2F6O2. The van der Waals surface area contributed by atoms with E-state index in [1.54, 1.807) is 0 Å². The smallest absolute Gasteiger partial charge is 0.276 e. The Kier molecular flexibility index (Phi) is 1.99. The molecule has 2 nitrogen and oxygen atoms in total. The lowest BCUT2D eigenvalue weighted by molar-refractivity contribution is -0.416. The van der Waals surface area contributed by atoms with E-state index in [0.717, 1.165) is 0 Å². The molecule has 0 spiro atoms. The third-order valence-corrected chi connectivity index (χ3v) is 1.07. The van der Waals surface area contributed by atoms with Crippen molar-refractivity contribution in [3.63, 3.8) is 0 Å². The van der Waals surface area contributed by atoms with Crippen LogP contribution in [0.25, 0.3) is 0 Å². The number of halogens is 6. The second kappa shape index (κ2) is 2.49. The van der Waals surface area contributed by atoms with E-state index in [2.05, 4.69) is 9.47 Å². The van der Waals surface area contributed by atoms with Gasteiger partial charge in [-0.3, -0.25) is 9.47 Å². The van der Waals surface area contributed by atoms with Gasteiger partial charge in [0.05, 0.1) is 0 Å². The van der Waals surface area contributed by atoms with Crippen molar-refractivity contribution in [2.75, 3.05) is 0 Å². The van der Waals surface area contributed by atoms with Crippen LogP contribution in [0.15, 0.2) is 0 Å². The predicted molar refractivity (Wildman–Crippen MR) is 21.9 cm³/mol. The Labute approximate surface area is 62.0 Å². The highest BCUT2D eigenvalue weighted by Crippen LogP contribution is 2.43. The zero-order chi connectivity index (χ0) is 9.57. The third-order valence-electron chi connectivity index (χ3n) is 1.07. The molecule has 1 saturated heterocycles. The average molecular weight is 196 g/mol. The normalized spacial score (nSPS) is 35.5. The zero-order valence-electron chi connectivity index (χ0n) is 5.24. The van der Waals surface area contributed by atoms with E-state index in [9.17, 15) is 26.3 Å². The molecule has 12 heavy (non-hydrogen) atoms. The molecule has 1 heterocycles. The first-order chi connectivity index (χ1) is 5.26. The first kappa shape index (κ1) is 9.59. The Bertz CT molecular complexity index is 169. The standard InChI is InChI=1S/C4H2F6O2/c5-1-2(6)12-4(10,11-1)3(7,8)9/h1-2H/t1-,2-/m1/s1. The Hall–Kier alpha value is -0.500. The molecule has 0 aromatic carbocycles. The van der Waals surface area contributed by atoms with Gasteiger partial charge >= 0.3 is 12.2 Å². The summed E-state index contributed by atoms with van der Waals surface area (Å²) < 4.78 is 76.6. The molecule has 0 saturated carbocycles. The maximum atomic E-state index is 12.3. The minimum Gasteiger partial charge on any atom is -0.276 e. The molecular weight excluding hydrogens is 194 g/mol. The van der Waals surface area contributed by atoms with Crippen molar-refractivity contribution in [3.8, 4) is 0 Å². The number of rotatable bonds is 0. The largest absolute Gasteiger partial charge is 0.478 e. The van der Waals surface area contributed by atoms with E-state index < -0.39 is 24.9 Å². The van der Waals surface area contributed by atoms with E-state index in [-0.39, 0.29) is 0 Å². The van der Waals surface area contributed by atoms with Crippen LogP contribution < -0.4 is 0 Å². The van der Waals surface area contributed by atoms with Crippen molar-refractivity contribution in [2.24, 2.45) is 0 Å². The van der Waals surface area contributed by atoms with Crippen LogP contribution in [-0.2, 0) is 9.47 Å². The first-order valence-corrected chi connectivity index (χ1v) is 2.66. The van der Waals surface area contributed by atoms with Crippen LogP contribution in [0.3, 0.4) is 0 Å². The van der Waals surface area contributed by atoms with Crippen LogP contribution in [0.1, 0.15) is 0 Å². The fourth-order valence-electron chi connectivity index (χ4n) is 0.558. The lowest BCUT2D eigenvalue weighted by Crippen LogP contribution is -2.42. The van der Waals surface area contributed by atoms with E-state index in [1.165, 1.54) is 0 Å². The Morgan fingerprint density at radius 2 is 1.33 bits per heavy atom. The summed E-state index contributed by atoms with van der Waals surface area (Å²) in [4.78, 5) is 0. The van der Waals surface area contributed by atoms with Crippen molar-refractivity contribution in [1.29, 1.82) is 0 Å². The summed E-state index contributed by atoms with van der Waals surface area (Å²) in [6, 6.07) is -4.67. The van der Waals surface area contributed by atoms with Crippen molar-refractivity contribution < 1.29 is 35.8 Å².